The molecule has 0 saturated carbocycles. The Bertz CT molecular complexity index is 662. The molecule has 0 unspecified atom stereocenters. The van der Waals surface area contributed by atoms with Gasteiger partial charge in [-0.2, -0.15) is 0 Å². The minimum atomic E-state index is -0.911. The predicted molar refractivity (Wildman–Crippen MR) is 91.6 cm³/mol. The van der Waals surface area contributed by atoms with Crippen LogP contribution in [0.5, 0.6) is 5.75 Å². The van der Waals surface area contributed by atoms with E-state index in [4.69, 9.17) is 14.3 Å². The molecule has 0 amide bonds. The van der Waals surface area contributed by atoms with E-state index in [9.17, 15) is 4.79 Å². The number of nitrogens with zero attached hydrogens (tertiary/aromatic N) is 2. The van der Waals surface area contributed by atoms with Gasteiger partial charge in [-0.05, 0) is 29.5 Å². The maximum absolute atomic E-state index is 10.5. The van der Waals surface area contributed by atoms with E-state index in [-0.39, 0.29) is 16.4 Å². The van der Waals surface area contributed by atoms with E-state index in [1.807, 2.05) is 12.1 Å². The minimum Gasteiger partial charge on any atom is -0.494 e. The van der Waals surface area contributed by atoms with E-state index in [0.717, 1.165) is 23.9 Å². The number of hydrogen-bond acceptors (Lipinski definition) is 6. The maximum atomic E-state index is 10.5. The van der Waals surface area contributed by atoms with Crippen molar-refractivity contribution in [3.8, 4) is 5.75 Å². The van der Waals surface area contributed by atoms with Gasteiger partial charge in [0.25, 0.3) is 5.22 Å². The number of carboxylic acids is 1. The molecule has 0 radical (unpaired) electrons. The highest BCUT2D eigenvalue weighted by Gasteiger charge is 2.13. The second-order valence-electron chi connectivity index (χ2n) is 6.37. The molecule has 0 fully saturated rings. The van der Waals surface area contributed by atoms with Gasteiger partial charge in [-0.25, -0.2) is 0 Å². The highest BCUT2D eigenvalue weighted by molar-refractivity contribution is 7.99. The topological polar surface area (TPSA) is 85.5 Å². The summed E-state index contributed by atoms with van der Waals surface area (Å²) in [6.45, 7) is 7.08. The molecule has 1 N–H and O–H groups in total. The van der Waals surface area contributed by atoms with Gasteiger partial charge in [0.05, 0.1) is 6.61 Å². The Morgan fingerprint density at radius 3 is 2.58 bits per heavy atom. The molecule has 0 aliphatic rings. The molecule has 0 aliphatic carbocycles. The zero-order valence-corrected chi connectivity index (χ0v) is 14.9. The molecule has 0 spiro atoms. The molecule has 1 heterocycles. The number of aromatic nitrogens is 2. The molecule has 1 aromatic carbocycles. The van der Waals surface area contributed by atoms with Gasteiger partial charge in [0, 0.05) is 6.42 Å². The number of aryl methyl sites for hydroxylation is 1. The molecule has 24 heavy (non-hydrogen) atoms. The van der Waals surface area contributed by atoms with Crippen LogP contribution in [0, 0.1) is 0 Å². The molecule has 0 aliphatic heterocycles. The van der Waals surface area contributed by atoms with E-state index in [2.05, 4.69) is 43.1 Å². The Hall–Kier alpha value is -2.02. The van der Waals surface area contributed by atoms with Crippen molar-refractivity contribution in [2.45, 2.75) is 44.3 Å². The third kappa shape index (κ3) is 5.88. The quantitative estimate of drug-likeness (QED) is 0.575. The summed E-state index contributed by atoms with van der Waals surface area (Å²) in [5.74, 6) is 0.335. The van der Waals surface area contributed by atoms with Crippen LogP contribution in [0.3, 0.4) is 0 Å². The lowest BCUT2D eigenvalue weighted by atomic mass is 9.87. The third-order valence-electron chi connectivity index (χ3n) is 3.29. The number of benzene rings is 1. The average molecular weight is 350 g/mol. The Morgan fingerprint density at radius 2 is 1.96 bits per heavy atom. The van der Waals surface area contributed by atoms with Crippen LogP contribution in [0.1, 0.15) is 38.6 Å². The van der Waals surface area contributed by atoms with E-state index in [1.54, 1.807) is 0 Å². The summed E-state index contributed by atoms with van der Waals surface area (Å²) < 4.78 is 11.1. The molecule has 2 rings (SSSR count). The minimum absolute atomic E-state index is 0.0880. The first-order valence-corrected chi connectivity index (χ1v) is 8.73. The second kappa shape index (κ2) is 8.19. The summed E-state index contributed by atoms with van der Waals surface area (Å²) in [7, 11) is 0. The summed E-state index contributed by atoms with van der Waals surface area (Å²) in [6.07, 6.45) is 1.34. The lowest BCUT2D eigenvalue weighted by Crippen LogP contribution is -2.10. The summed E-state index contributed by atoms with van der Waals surface area (Å²) in [5.41, 5.74) is 1.40. The van der Waals surface area contributed by atoms with Crippen LogP contribution >= 0.6 is 11.8 Å². The van der Waals surface area contributed by atoms with Gasteiger partial charge in [-0.1, -0.05) is 44.7 Å². The van der Waals surface area contributed by atoms with Crippen molar-refractivity contribution >= 4 is 17.7 Å². The normalized spacial score (nSPS) is 11.5. The number of thioether (sulfide) groups is 1. The molecule has 1 aromatic heterocycles. The average Bonchev–Trinajstić information content (AvgIpc) is 2.97. The fourth-order valence-electron chi connectivity index (χ4n) is 1.99. The first kappa shape index (κ1) is 18.3. The number of aliphatic carboxylic acids is 1. The van der Waals surface area contributed by atoms with Crippen LogP contribution in [0.2, 0.25) is 0 Å². The third-order valence-corrected chi connectivity index (χ3v) is 4.09. The van der Waals surface area contributed by atoms with Crippen LogP contribution in [-0.4, -0.2) is 33.6 Å². The first-order valence-electron chi connectivity index (χ1n) is 7.75. The van der Waals surface area contributed by atoms with Gasteiger partial charge in [0.1, 0.15) is 11.5 Å². The maximum Gasteiger partial charge on any atom is 0.314 e. The molecule has 0 saturated heterocycles. The smallest absolute Gasteiger partial charge is 0.314 e. The van der Waals surface area contributed by atoms with Crippen LogP contribution in [-0.2, 0) is 16.6 Å². The van der Waals surface area contributed by atoms with Crippen LogP contribution in [0.4, 0.5) is 0 Å². The van der Waals surface area contributed by atoms with E-state index < -0.39 is 5.97 Å². The summed E-state index contributed by atoms with van der Waals surface area (Å²) in [6, 6.07) is 8.13. The van der Waals surface area contributed by atoms with Crippen LogP contribution < -0.4 is 4.74 Å². The van der Waals surface area contributed by atoms with Crippen molar-refractivity contribution < 1.29 is 19.1 Å². The van der Waals surface area contributed by atoms with Gasteiger partial charge in [0.15, 0.2) is 0 Å². The fraction of sp³-hybridized carbons (Fsp3) is 0.471. The Kier molecular flexibility index (Phi) is 6.25. The molecular weight excluding hydrogens is 328 g/mol. The molecule has 130 valence electrons. The van der Waals surface area contributed by atoms with E-state index >= 15 is 0 Å². The molecule has 6 nitrogen and oxygen atoms in total. The zero-order valence-electron chi connectivity index (χ0n) is 14.1. The highest BCUT2D eigenvalue weighted by Crippen LogP contribution is 2.24. The lowest BCUT2D eigenvalue weighted by molar-refractivity contribution is -0.133. The van der Waals surface area contributed by atoms with E-state index in [1.165, 1.54) is 5.56 Å². The first-order chi connectivity index (χ1) is 11.3. The predicted octanol–water partition coefficient (Wildman–Crippen LogP) is 3.56. The standard InChI is InChI=1S/C17H22N2O4S/c1-17(2,3)12-6-8-13(9-7-12)22-10-4-5-14-18-19-16(23-14)24-11-15(20)21/h6-9H,4-5,10-11H2,1-3H3,(H,20,21). The molecular formula is C17H22N2O4S. The number of hydrogen-bond donors (Lipinski definition) is 1. The number of carbonyl (C=O) groups is 1. The highest BCUT2D eigenvalue weighted by atomic mass is 32.2. The van der Waals surface area contributed by atoms with Gasteiger partial charge in [0.2, 0.25) is 5.89 Å². The van der Waals surface area contributed by atoms with E-state index in [0.29, 0.717) is 18.9 Å². The van der Waals surface area contributed by atoms with Crippen molar-refractivity contribution in [2.75, 3.05) is 12.4 Å². The largest absolute Gasteiger partial charge is 0.494 e. The van der Waals surface area contributed by atoms with Crippen molar-refractivity contribution in [3.63, 3.8) is 0 Å². The van der Waals surface area contributed by atoms with Crippen LogP contribution in [0.25, 0.3) is 0 Å². The zero-order chi connectivity index (χ0) is 17.6. The Balaban J connectivity index is 1.72. The van der Waals surface area contributed by atoms with Crippen molar-refractivity contribution in [2.24, 2.45) is 0 Å². The van der Waals surface area contributed by atoms with Gasteiger partial charge in [-0.3, -0.25) is 4.79 Å². The number of rotatable bonds is 8. The molecule has 7 heteroatoms. The monoisotopic (exact) mass is 350 g/mol. The Morgan fingerprint density at radius 1 is 1.25 bits per heavy atom. The fourth-order valence-corrected chi connectivity index (χ4v) is 2.49. The molecule has 0 atom stereocenters. The summed E-state index contributed by atoms with van der Waals surface area (Å²) in [4.78, 5) is 10.5. The van der Waals surface area contributed by atoms with Gasteiger partial charge >= 0.3 is 5.97 Å². The second-order valence-corrected chi connectivity index (χ2v) is 7.30. The van der Waals surface area contributed by atoms with Crippen molar-refractivity contribution in [1.82, 2.24) is 10.2 Å². The van der Waals surface area contributed by atoms with Crippen molar-refractivity contribution in [3.05, 3.63) is 35.7 Å². The van der Waals surface area contributed by atoms with Crippen LogP contribution in [0.15, 0.2) is 33.9 Å². The van der Waals surface area contributed by atoms with Crippen molar-refractivity contribution in [1.29, 1.82) is 0 Å². The molecule has 2 aromatic rings. The van der Waals surface area contributed by atoms with Gasteiger partial charge in [-0.15, -0.1) is 10.2 Å². The Labute approximate surface area is 145 Å². The number of ether oxygens (including phenoxy) is 1. The SMILES string of the molecule is CC(C)(C)c1ccc(OCCCc2nnc(SCC(=O)O)o2)cc1. The van der Waals surface area contributed by atoms with Gasteiger partial charge < -0.3 is 14.3 Å². The summed E-state index contributed by atoms with van der Waals surface area (Å²) >= 11 is 1.02. The summed E-state index contributed by atoms with van der Waals surface area (Å²) in [5, 5.41) is 16.6. The lowest BCUT2D eigenvalue weighted by Gasteiger charge is -2.19. The number of carboxylic acid groups (broad SMARTS) is 1. The molecule has 0 bridgehead atoms.